The molecular formula is C16H21BrN2O. The third-order valence-corrected chi connectivity index (χ3v) is 5.53. The normalized spacial score (nSPS) is 29.1. The second kappa shape index (κ2) is 5.00. The second-order valence-corrected chi connectivity index (χ2v) is 7.45. The Morgan fingerprint density at radius 3 is 3.15 bits per heavy atom. The molecule has 3 nitrogen and oxygen atoms in total. The molecule has 0 aliphatic carbocycles. The topological polar surface area (TPSA) is 24.5 Å². The van der Waals surface area contributed by atoms with Crippen LogP contribution in [0.2, 0.25) is 0 Å². The molecular weight excluding hydrogens is 316 g/mol. The van der Waals surface area contributed by atoms with Gasteiger partial charge in [0.2, 0.25) is 0 Å². The number of fused-ring (bicyclic) bond motifs is 1. The van der Waals surface area contributed by atoms with Gasteiger partial charge >= 0.3 is 0 Å². The standard InChI is InChI=1S/C16H21BrN2O/c17-14-7-12-1-6-20-15(12)13(8-14)9-19-5-3-16(11-19)2-4-18-10-16/h7-8,18H,1-6,9-11H2. The van der Waals surface area contributed by atoms with E-state index in [4.69, 9.17) is 4.74 Å². The molecule has 1 N–H and O–H groups in total. The van der Waals surface area contributed by atoms with Gasteiger partial charge in [0.1, 0.15) is 5.75 Å². The molecule has 1 spiro atoms. The average Bonchev–Trinajstić information content (AvgIpc) is 3.12. The highest BCUT2D eigenvalue weighted by Crippen LogP contribution is 2.39. The van der Waals surface area contributed by atoms with Crippen molar-refractivity contribution in [1.82, 2.24) is 10.2 Å². The van der Waals surface area contributed by atoms with Gasteiger partial charge in [-0.15, -0.1) is 0 Å². The highest BCUT2D eigenvalue weighted by molar-refractivity contribution is 9.10. The predicted octanol–water partition coefficient (Wildman–Crippen LogP) is 2.57. The van der Waals surface area contributed by atoms with Crippen molar-refractivity contribution in [2.45, 2.75) is 25.8 Å². The molecule has 1 atom stereocenters. The molecule has 3 aliphatic rings. The maximum atomic E-state index is 5.85. The number of nitrogens with one attached hydrogen (secondary N) is 1. The number of hydrogen-bond donors (Lipinski definition) is 1. The molecule has 1 aromatic rings. The number of likely N-dealkylation sites (tertiary alicyclic amines) is 1. The van der Waals surface area contributed by atoms with Crippen LogP contribution in [0, 0.1) is 5.41 Å². The van der Waals surface area contributed by atoms with Gasteiger partial charge in [-0.1, -0.05) is 15.9 Å². The van der Waals surface area contributed by atoms with E-state index in [1.807, 2.05) is 0 Å². The number of nitrogens with zero attached hydrogens (tertiary/aromatic N) is 1. The van der Waals surface area contributed by atoms with E-state index >= 15 is 0 Å². The summed E-state index contributed by atoms with van der Waals surface area (Å²) in [5, 5.41) is 3.53. The van der Waals surface area contributed by atoms with Crippen LogP contribution in [0.5, 0.6) is 5.75 Å². The largest absolute Gasteiger partial charge is 0.493 e. The number of ether oxygens (including phenoxy) is 1. The van der Waals surface area contributed by atoms with Crippen molar-refractivity contribution >= 4 is 15.9 Å². The van der Waals surface area contributed by atoms with Crippen LogP contribution in [0.25, 0.3) is 0 Å². The molecule has 4 heteroatoms. The first-order valence-corrected chi connectivity index (χ1v) is 8.41. The molecule has 108 valence electrons. The van der Waals surface area contributed by atoms with E-state index in [-0.39, 0.29) is 0 Å². The zero-order valence-electron chi connectivity index (χ0n) is 11.8. The van der Waals surface area contributed by atoms with E-state index in [1.165, 1.54) is 54.6 Å². The molecule has 20 heavy (non-hydrogen) atoms. The van der Waals surface area contributed by atoms with Gasteiger partial charge in [0, 0.05) is 36.1 Å². The average molecular weight is 337 g/mol. The van der Waals surface area contributed by atoms with Crippen molar-refractivity contribution in [1.29, 1.82) is 0 Å². The van der Waals surface area contributed by atoms with Crippen LogP contribution < -0.4 is 10.1 Å². The zero-order chi connectivity index (χ0) is 13.6. The first-order valence-electron chi connectivity index (χ1n) is 7.61. The Morgan fingerprint density at radius 2 is 2.30 bits per heavy atom. The molecule has 3 heterocycles. The Hall–Kier alpha value is -0.580. The molecule has 1 unspecified atom stereocenters. The van der Waals surface area contributed by atoms with Gasteiger partial charge in [-0.2, -0.15) is 0 Å². The number of hydrogen-bond acceptors (Lipinski definition) is 3. The lowest BCUT2D eigenvalue weighted by atomic mass is 9.86. The first-order chi connectivity index (χ1) is 9.74. The Kier molecular flexibility index (Phi) is 3.28. The highest BCUT2D eigenvalue weighted by Gasteiger charge is 2.40. The highest BCUT2D eigenvalue weighted by atomic mass is 79.9. The summed E-state index contributed by atoms with van der Waals surface area (Å²) in [6.07, 6.45) is 3.74. The van der Waals surface area contributed by atoms with Crippen molar-refractivity contribution in [2.24, 2.45) is 5.41 Å². The third kappa shape index (κ3) is 2.28. The van der Waals surface area contributed by atoms with E-state index in [0.717, 1.165) is 25.3 Å². The molecule has 0 bridgehead atoms. The summed E-state index contributed by atoms with van der Waals surface area (Å²) in [5.74, 6) is 1.15. The summed E-state index contributed by atoms with van der Waals surface area (Å²) < 4.78 is 7.04. The SMILES string of the molecule is Brc1cc2c(c(CN3CCC4(CCNC4)C3)c1)OCC2. The van der Waals surface area contributed by atoms with Gasteiger partial charge in [-0.05, 0) is 49.0 Å². The van der Waals surface area contributed by atoms with Crippen LogP contribution in [0.1, 0.15) is 24.0 Å². The van der Waals surface area contributed by atoms with Crippen molar-refractivity contribution in [2.75, 3.05) is 32.8 Å². The molecule has 2 fully saturated rings. The number of halogens is 1. The molecule has 0 saturated carbocycles. The number of rotatable bonds is 2. The summed E-state index contributed by atoms with van der Waals surface area (Å²) >= 11 is 3.64. The fraction of sp³-hybridized carbons (Fsp3) is 0.625. The Labute approximate surface area is 128 Å². The van der Waals surface area contributed by atoms with Crippen LogP contribution in [0.15, 0.2) is 16.6 Å². The molecule has 0 amide bonds. The van der Waals surface area contributed by atoms with Crippen molar-refractivity contribution in [3.63, 3.8) is 0 Å². The zero-order valence-corrected chi connectivity index (χ0v) is 13.3. The Morgan fingerprint density at radius 1 is 1.35 bits per heavy atom. The minimum atomic E-state index is 0.552. The minimum Gasteiger partial charge on any atom is -0.493 e. The maximum Gasteiger partial charge on any atom is 0.127 e. The maximum absolute atomic E-state index is 5.85. The van der Waals surface area contributed by atoms with E-state index in [1.54, 1.807) is 0 Å². The van der Waals surface area contributed by atoms with Crippen LogP contribution in [-0.2, 0) is 13.0 Å². The molecule has 4 rings (SSSR count). The molecule has 3 aliphatic heterocycles. The van der Waals surface area contributed by atoms with Crippen molar-refractivity contribution < 1.29 is 4.74 Å². The monoisotopic (exact) mass is 336 g/mol. The van der Waals surface area contributed by atoms with Crippen molar-refractivity contribution in [3.05, 3.63) is 27.7 Å². The van der Waals surface area contributed by atoms with Gasteiger partial charge in [-0.25, -0.2) is 0 Å². The lowest BCUT2D eigenvalue weighted by molar-refractivity contribution is 0.264. The van der Waals surface area contributed by atoms with Gasteiger partial charge < -0.3 is 10.1 Å². The van der Waals surface area contributed by atoms with E-state index in [9.17, 15) is 0 Å². The van der Waals surface area contributed by atoms with Crippen LogP contribution in [0.3, 0.4) is 0 Å². The van der Waals surface area contributed by atoms with Gasteiger partial charge in [-0.3, -0.25) is 4.90 Å². The Balaban J connectivity index is 1.53. The van der Waals surface area contributed by atoms with Gasteiger partial charge in [0.25, 0.3) is 0 Å². The summed E-state index contributed by atoms with van der Waals surface area (Å²) in [6.45, 7) is 6.74. The van der Waals surface area contributed by atoms with E-state index in [2.05, 4.69) is 38.3 Å². The fourth-order valence-electron chi connectivity index (χ4n) is 4.01. The summed E-state index contributed by atoms with van der Waals surface area (Å²) in [7, 11) is 0. The lowest BCUT2D eigenvalue weighted by Gasteiger charge is -2.23. The van der Waals surface area contributed by atoms with Gasteiger partial charge in [0.15, 0.2) is 0 Å². The second-order valence-electron chi connectivity index (χ2n) is 6.54. The summed E-state index contributed by atoms with van der Waals surface area (Å²) in [6, 6.07) is 4.44. The first kappa shape index (κ1) is 13.1. The quantitative estimate of drug-likeness (QED) is 0.898. The van der Waals surface area contributed by atoms with Crippen LogP contribution >= 0.6 is 15.9 Å². The minimum absolute atomic E-state index is 0.552. The van der Waals surface area contributed by atoms with Crippen LogP contribution in [0.4, 0.5) is 0 Å². The van der Waals surface area contributed by atoms with Gasteiger partial charge in [0.05, 0.1) is 6.61 Å². The molecule has 0 radical (unpaired) electrons. The van der Waals surface area contributed by atoms with E-state index in [0.29, 0.717) is 5.41 Å². The summed E-state index contributed by atoms with van der Waals surface area (Å²) in [4.78, 5) is 2.61. The van der Waals surface area contributed by atoms with Crippen molar-refractivity contribution in [3.8, 4) is 5.75 Å². The predicted molar refractivity (Wildman–Crippen MR) is 83.2 cm³/mol. The summed E-state index contributed by atoms with van der Waals surface area (Å²) in [5.41, 5.74) is 3.27. The number of benzene rings is 1. The molecule has 1 aromatic carbocycles. The smallest absolute Gasteiger partial charge is 0.127 e. The fourth-order valence-corrected chi connectivity index (χ4v) is 4.56. The lowest BCUT2D eigenvalue weighted by Crippen LogP contribution is -2.29. The van der Waals surface area contributed by atoms with E-state index < -0.39 is 0 Å². The third-order valence-electron chi connectivity index (χ3n) is 5.07. The van der Waals surface area contributed by atoms with Crippen LogP contribution in [-0.4, -0.2) is 37.7 Å². The molecule has 0 aromatic heterocycles. The Bertz CT molecular complexity index is 525. The molecule has 2 saturated heterocycles.